The van der Waals surface area contributed by atoms with E-state index in [-0.39, 0.29) is 19.0 Å². The second-order valence-corrected chi connectivity index (χ2v) is 3.15. The number of rotatable bonds is 5. The summed E-state index contributed by atoms with van der Waals surface area (Å²) >= 11 is 0. The van der Waals surface area contributed by atoms with Crippen LogP contribution < -0.4 is 4.74 Å². The Kier molecular flexibility index (Phi) is 9.33. The first-order valence-corrected chi connectivity index (χ1v) is 5.22. The van der Waals surface area contributed by atoms with Crippen LogP contribution in [-0.2, 0) is 11.2 Å². The van der Waals surface area contributed by atoms with E-state index in [2.05, 4.69) is 4.74 Å². The Bertz CT molecular complexity index is 303. The predicted molar refractivity (Wildman–Crippen MR) is 62.7 cm³/mol. The van der Waals surface area contributed by atoms with Gasteiger partial charge in [0.25, 0.3) is 0 Å². The summed E-state index contributed by atoms with van der Waals surface area (Å²) in [5, 5.41) is 16.6. The summed E-state index contributed by atoms with van der Waals surface area (Å²) in [6.45, 7) is 0.566. The second kappa shape index (κ2) is 10.0. The van der Waals surface area contributed by atoms with Crippen LogP contribution in [0.5, 0.6) is 5.75 Å². The van der Waals surface area contributed by atoms with E-state index in [1.807, 2.05) is 0 Å². The molecule has 17 heavy (non-hydrogen) atoms. The number of hydrogen-bond acceptors (Lipinski definition) is 4. The highest BCUT2D eigenvalue weighted by molar-refractivity contribution is 5.33. The van der Waals surface area contributed by atoms with E-state index in [9.17, 15) is 4.39 Å². The van der Waals surface area contributed by atoms with Crippen LogP contribution in [-0.4, -0.2) is 44.3 Å². The average Bonchev–Trinajstić information content (AvgIpc) is 2.32. The molecular weight excluding hydrogens is 227 g/mol. The minimum absolute atomic E-state index is 0.000185. The Morgan fingerprint density at radius 1 is 1.18 bits per heavy atom. The molecule has 4 nitrogen and oxygen atoms in total. The van der Waals surface area contributed by atoms with Gasteiger partial charge in [0.15, 0.2) is 0 Å². The van der Waals surface area contributed by atoms with Gasteiger partial charge in [-0.15, -0.1) is 0 Å². The summed E-state index contributed by atoms with van der Waals surface area (Å²) in [4.78, 5) is 0. The zero-order chi connectivity index (χ0) is 13.1. The third kappa shape index (κ3) is 6.88. The number of ether oxygens (including phenoxy) is 2. The van der Waals surface area contributed by atoms with E-state index in [4.69, 9.17) is 14.9 Å². The molecule has 0 fully saturated rings. The largest absolute Gasteiger partial charge is 0.496 e. The molecule has 0 atom stereocenters. The van der Waals surface area contributed by atoms with Crippen LogP contribution >= 0.6 is 0 Å². The highest BCUT2D eigenvalue weighted by Gasteiger charge is 2.02. The quantitative estimate of drug-likeness (QED) is 0.813. The maximum absolute atomic E-state index is 12.7. The van der Waals surface area contributed by atoms with Crippen LogP contribution in [0.25, 0.3) is 0 Å². The van der Waals surface area contributed by atoms with Gasteiger partial charge in [0.2, 0.25) is 0 Å². The molecule has 0 saturated heterocycles. The third-order valence-corrected chi connectivity index (χ3v) is 1.92. The van der Waals surface area contributed by atoms with Gasteiger partial charge in [-0.05, 0) is 30.2 Å². The Labute approximate surface area is 101 Å². The van der Waals surface area contributed by atoms with Gasteiger partial charge in [-0.2, -0.15) is 0 Å². The van der Waals surface area contributed by atoms with Crippen molar-refractivity contribution in [2.24, 2.45) is 0 Å². The molecule has 0 aliphatic rings. The molecule has 0 aromatic heterocycles. The number of hydrogen-bond donors (Lipinski definition) is 2. The van der Waals surface area contributed by atoms with E-state index in [0.29, 0.717) is 24.3 Å². The van der Waals surface area contributed by atoms with Crippen molar-refractivity contribution in [3.05, 3.63) is 29.6 Å². The van der Waals surface area contributed by atoms with Crippen molar-refractivity contribution in [2.45, 2.75) is 6.42 Å². The molecule has 0 bridgehead atoms. The fraction of sp³-hybridized carbons (Fsp3) is 0.500. The molecule has 0 heterocycles. The summed E-state index contributed by atoms with van der Waals surface area (Å²) in [6.07, 6.45) is 0.418. The topological polar surface area (TPSA) is 58.9 Å². The highest BCUT2D eigenvalue weighted by atomic mass is 19.1. The highest BCUT2D eigenvalue weighted by Crippen LogP contribution is 2.19. The fourth-order valence-electron chi connectivity index (χ4n) is 1.15. The molecule has 1 aromatic carbocycles. The molecule has 0 radical (unpaired) electrons. The molecule has 0 aliphatic carbocycles. The van der Waals surface area contributed by atoms with Crippen LogP contribution in [0, 0.1) is 5.82 Å². The van der Waals surface area contributed by atoms with E-state index < -0.39 is 0 Å². The molecule has 5 heteroatoms. The Balaban J connectivity index is 0.000000437. The van der Waals surface area contributed by atoms with Crippen molar-refractivity contribution in [1.29, 1.82) is 0 Å². The lowest BCUT2D eigenvalue weighted by molar-refractivity contribution is 0.135. The van der Waals surface area contributed by atoms with Gasteiger partial charge in [0.05, 0.1) is 20.3 Å². The average molecular weight is 246 g/mol. The zero-order valence-electron chi connectivity index (χ0n) is 10.1. The number of halogens is 1. The molecule has 1 rings (SSSR count). The van der Waals surface area contributed by atoms with E-state index in [0.717, 1.165) is 0 Å². The summed E-state index contributed by atoms with van der Waals surface area (Å²) in [5.41, 5.74) is 0.694. The molecule has 98 valence electrons. The number of benzene rings is 1. The first-order chi connectivity index (χ1) is 8.19. The lowest BCUT2D eigenvalue weighted by Gasteiger charge is -2.06. The van der Waals surface area contributed by atoms with Crippen LogP contribution in [0.3, 0.4) is 0 Å². The van der Waals surface area contributed by atoms with E-state index >= 15 is 0 Å². The smallest absolute Gasteiger partial charge is 0.123 e. The summed E-state index contributed by atoms with van der Waals surface area (Å²) < 4.78 is 22.1. The van der Waals surface area contributed by atoms with Crippen molar-refractivity contribution < 1.29 is 24.1 Å². The van der Waals surface area contributed by atoms with Gasteiger partial charge in [-0.3, -0.25) is 0 Å². The summed E-state index contributed by atoms with van der Waals surface area (Å²) in [6, 6.07) is 4.26. The maximum Gasteiger partial charge on any atom is 0.123 e. The van der Waals surface area contributed by atoms with Crippen molar-refractivity contribution in [3.63, 3.8) is 0 Å². The van der Waals surface area contributed by atoms with Crippen molar-refractivity contribution in [2.75, 3.05) is 34.0 Å². The van der Waals surface area contributed by atoms with Gasteiger partial charge in [0, 0.05) is 13.7 Å². The SMILES string of the molecule is COCCO.COc1ccc(F)cc1CCO. The molecule has 0 aliphatic heterocycles. The van der Waals surface area contributed by atoms with Crippen LogP contribution in [0.2, 0.25) is 0 Å². The maximum atomic E-state index is 12.7. The first-order valence-electron chi connectivity index (χ1n) is 5.22. The standard InChI is InChI=1S/C9H11FO2.C3H8O2/c1-12-9-3-2-8(10)6-7(9)4-5-11;1-5-3-2-4/h2-3,6,11H,4-5H2,1H3;4H,2-3H2,1H3. The van der Waals surface area contributed by atoms with Crippen molar-refractivity contribution >= 4 is 0 Å². The van der Waals surface area contributed by atoms with E-state index in [1.165, 1.54) is 19.2 Å². The number of aliphatic hydroxyl groups is 2. The van der Waals surface area contributed by atoms with Crippen molar-refractivity contribution in [1.82, 2.24) is 0 Å². The third-order valence-electron chi connectivity index (χ3n) is 1.92. The first kappa shape index (κ1) is 15.8. The molecule has 0 saturated carbocycles. The Morgan fingerprint density at radius 2 is 1.88 bits per heavy atom. The summed E-state index contributed by atoms with van der Waals surface area (Å²) in [7, 11) is 3.07. The van der Waals surface area contributed by atoms with Gasteiger partial charge in [0.1, 0.15) is 11.6 Å². The monoisotopic (exact) mass is 246 g/mol. The minimum Gasteiger partial charge on any atom is -0.496 e. The van der Waals surface area contributed by atoms with Crippen LogP contribution in [0.1, 0.15) is 5.56 Å². The van der Waals surface area contributed by atoms with Gasteiger partial charge >= 0.3 is 0 Å². The van der Waals surface area contributed by atoms with Crippen molar-refractivity contribution in [3.8, 4) is 5.75 Å². The minimum atomic E-state index is -0.306. The number of aliphatic hydroxyl groups excluding tert-OH is 2. The fourth-order valence-corrected chi connectivity index (χ4v) is 1.15. The predicted octanol–water partition coefficient (Wildman–Crippen LogP) is 0.994. The second-order valence-electron chi connectivity index (χ2n) is 3.15. The van der Waals surface area contributed by atoms with Crippen LogP contribution in [0.15, 0.2) is 18.2 Å². The molecule has 0 unspecified atom stereocenters. The Hall–Kier alpha value is -1.17. The molecule has 0 amide bonds. The molecule has 0 spiro atoms. The normalized spacial score (nSPS) is 9.47. The zero-order valence-corrected chi connectivity index (χ0v) is 10.1. The van der Waals surface area contributed by atoms with Gasteiger partial charge < -0.3 is 19.7 Å². The lowest BCUT2D eigenvalue weighted by Crippen LogP contribution is -1.96. The van der Waals surface area contributed by atoms with E-state index in [1.54, 1.807) is 13.2 Å². The van der Waals surface area contributed by atoms with Crippen LogP contribution in [0.4, 0.5) is 4.39 Å². The van der Waals surface area contributed by atoms with Gasteiger partial charge in [-0.25, -0.2) is 4.39 Å². The van der Waals surface area contributed by atoms with Gasteiger partial charge in [-0.1, -0.05) is 0 Å². The molecular formula is C12H19FO4. The molecule has 1 aromatic rings. The summed E-state index contributed by atoms with van der Waals surface area (Å²) in [5.74, 6) is 0.310. The lowest BCUT2D eigenvalue weighted by atomic mass is 10.1. The molecule has 2 N–H and O–H groups in total. The number of methoxy groups -OCH3 is 2. The Morgan fingerprint density at radius 3 is 2.29 bits per heavy atom.